The van der Waals surface area contributed by atoms with E-state index in [9.17, 15) is 8.42 Å². The molecule has 0 saturated carbocycles. The number of nitrogens with one attached hydrogen (secondary N) is 1. The third-order valence-electron chi connectivity index (χ3n) is 7.36. The van der Waals surface area contributed by atoms with Crippen LogP contribution in [0.2, 0.25) is 0 Å². The highest BCUT2D eigenvalue weighted by Crippen LogP contribution is 2.33. The molecular weight excluding hydrogens is 566 g/mol. The zero-order valence-corrected chi connectivity index (χ0v) is 26.1. The van der Waals surface area contributed by atoms with Crippen molar-refractivity contribution in [1.29, 1.82) is 0 Å². The van der Waals surface area contributed by atoms with Crippen molar-refractivity contribution in [3.63, 3.8) is 0 Å². The summed E-state index contributed by atoms with van der Waals surface area (Å²) in [6.07, 6.45) is 3.62. The maximum atomic E-state index is 13.1. The molecule has 0 atom stereocenters. The van der Waals surface area contributed by atoms with Gasteiger partial charge in [0.25, 0.3) is 10.0 Å². The van der Waals surface area contributed by atoms with Crippen molar-refractivity contribution in [2.75, 3.05) is 49.5 Å². The van der Waals surface area contributed by atoms with Gasteiger partial charge in [0.1, 0.15) is 16.4 Å². The van der Waals surface area contributed by atoms with E-state index >= 15 is 0 Å². The fourth-order valence-electron chi connectivity index (χ4n) is 4.74. The highest BCUT2D eigenvalue weighted by atomic mass is 32.2. The molecule has 11 nitrogen and oxygen atoms in total. The summed E-state index contributed by atoms with van der Waals surface area (Å²) in [7, 11) is -0.208. The Morgan fingerprint density at radius 3 is 2.42 bits per heavy atom. The number of sulfonamides is 1. The van der Waals surface area contributed by atoms with Gasteiger partial charge < -0.3 is 19.3 Å². The van der Waals surface area contributed by atoms with Gasteiger partial charge >= 0.3 is 0 Å². The molecule has 1 aliphatic heterocycles. The second-order valence-electron chi connectivity index (χ2n) is 11.2. The summed E-state index contributed by atoms with van der Waals surface area (Å²) in [5.41, 5.74) is 3.28. The number of benzene rings is 2. The van der Waals surface area contributed by atoms with Gasteiger partial charge in [-0.15, -0.1) is 0 Å². The molecule has 12 heteroatoms. The molecule has 2 aromatic heterocycles. The van der Waals surface area contributed by atoms with Gasteiger partial charge in [0.2, 0.25) is 11.8 Å². The number of rotatable bonds is 11. The van der Waals surface area contributed by atoms with Gasteiger partial charge in [0, 0.05) is 62.3 Å². The Kier molecular flexibility index (Phi) is 9.16. The van der Waals surface area contributed by atoms with Crippen LogP contribution in [0.15, 0.2) is 65.8 Å². The third kappa shape index (κ3) is 7.63. The molecule has 4 aromatic rings. The van der Waals surface area contributed by atoms with E-state index in [0.29, 0.717) is 24.0 Å². The summed E-state index contributed by atoms with van der Waals surface area (Å²) in [6, 6.07) is 15.3. The first kappa shape index (κ1) is 30.3. The van der Waals surface area contributed by atoms with Crippen molar-refractivity contribution in [2.45, 2.75) is 32.1 Å². The number of anilines is 2. The number of ether oxygens (including phenoxy) is 2. The Morgan fingerprint density at radius 1 is 1.00 bits per heavy atom. The Balaban J connectivity index is 1.45. The lowest BCUT2D eigenvalue weighted by molar-refractivity contribution is 0.288. The summed E-state index contributed by atoms with van der Waals surface area (Å²) in [5.74, 6) is 1.93. The van der Waals surface area contributed by atoms with Gasteiger partial charge in [0.05, 0.1) is 18.5 Å². The summed E-state index contributed by atoms with van der Waals surface area (Å²) >= 11 is 0. The number of piperazine rings is 1. The molecule has 0 spiro atoms. The van der Waals surface area contributed by atoms with Crippen molar-refractivity contribution >= 4 is 21.7 Å². The molecule has 3 heterocycles. The molecule has 2 aromatic carbocycles. The van der Waals surface area contributed by atoms with Crippen LogP contribution in [0.1, 0.15) is 25.8 Å². The van der Waals surface area contributed by atoms with Crippen molar-refractivity contribution in [1.82, 2.24) is 24.6 Å². The minimum atomic E-state index is -3.99. The zero-order valence-electron chi connectivity index (χ0n) is 25.3. The van der Waals surface area contributed by atoms with Gasteiger partial charge in [-0.05, 0) is 56.6 Å². The van der Waals surface area contributed by atoms with E-state index in [4.69, 9.17) is 9.47 Å². The molecule has 1 fully saturated rings. The number of aromatic nitrogens is 4. The van der Waals surface area contributed by atoms with E-state index in [-0.39, 0.29) is 16.7 Å². The molecule has 1 N–H and O–H groups in total. The van der Waals surface area contributed by atoms with Gasteiger partial charge in [-0.25, -0.2) is 18.1 Å². The summed E-state index contributed by atoms with van der Waals surface area (Å²) < 4.78 is 42.4. The largest absolute Gasteiger partial charge is 0.493 e. The normalized spacial score (nSPS) is 14.2. The van der Waals surface area contributed by atoms with Crippen molar-refractivity contribution < 1.29 is 17.9 Å². The Hall–Kier alpha value is -4.16. The van der Waals surface area contributed by atoms with E-state index in [1.807, 2.05) is 49.4 Å². The Labute approximate surface area is 253 Å². The second-order valence-corrected chi connectivity index (χ2v) is 12.9. The molecule has 5 rings (SSSR count). The third-order valence-corrected chi connectivity index (χ3v) is 8.64. The van der Waals surface area contributed by atoms with Crippen LogP contribution >= 0.6 is 0 Å². The van der Waals surface area contributed by atoms with Crippen LogP contribution in [0.25, 0.3) is 11.3 Å². The first-order chi connectivity index (χ1) is 20.6. The molecule has 43 heavy (non-hydrogen) atoms. The predicted octanol–water partition coefficient (Wildman–Crippen LogP) is 4.96. The maximum absolute atomic E-state index is 13.1. The van der Waals surface area contributed by atoms with Crippen molar-refractivity contribution in [3.05, 3.63) is 66.5 Å². The van der Waals surface area contributed by atoms with E-state index < -0.39 is 10.0 Å². The lowest BCUT2D eigenvalue weighted by atomic mass is 10.0. The molecule has 0 amide bonds. The smallest absolute Gasteiger partial charge is 0.267 e. The first-order valence-corrected chi connectivity index (χ1v) is 15.9. The standard InChI is InChI=1S/C31H39N7O4S/c1-22(2)13-18-41-29-8-6-7-27(23(29)3)28-19-30(34-31(33-28)35-43(39,40)26-20-32-37(5)21-26)42-25-11-9-24(10-12-25)38-16-14-36(4)15-17-38/h6-12,19-22H,13-18H2,1-5H3,(H,33,34,35). The Bertz CT molecular complexity index is 1650. The number of hydrogen-bond donors (Lipinski definition) is 1. The molecule has 228 valence electrons. The van der Waals surface area contributed by atoms with Crippen LogP contribution in [-0.2, 0) is 17.1 Å². The van der Waals surface area contributed by atoms with E-state index in [0.717, 1.165) is 55.2 Å². The molecule has 0 radical (unpaired) electrons. The molecule has 1 saturated heterocycles. The summed E-state index contributed by atoms with van der Waals surface area (Å²) in [4.78, 5) is 13.7. The first-order valence-electron chi connectivity index (χ1n) is 14.4. The topological polar surface area (TPSA) is 115 Å². The minimum absolute atomic E-state index is 0.00250. The monoisotopic (exact) mass is 605 g/mol. The van der Waals surface area contributed by atoms with Gasteiger partial charge in [0.15, 0.2) is 0 Å². The van der Waals surface area contributed by atoms with Crippen LogP contribution in [0, 0.1) is 12.8 Å². The van der Waals surface area contributed by atoms with Crippen LogP contribution in [0.3, 0.4) is 0 Å². The lowest BCUT2D eigenvalue weighted by Crippen LogP contribution is -2.44. The molecule has 0 bridgehead atoms. The fraction of sp³-hybridized carbons (Fsp3) is 0.387. The predicted molar refractivity (Wildman–Crippen MR) is 167 cm³/mol. The second kappa shape index (κ2) is 13.0. The van der Waals surface area contributed by atoms with Crippen LogP contribution in [0.4, 0.5) is 11.6 Å². The number of hydrogen-bond acceptors (Lipinski definition) is 9. The average molecular weight is 606 g/mol. The maximum Gasteiger partial charge on any atom is 0.267 e. The highest BCUT2D eigenvalue weighted by molar-refractivity contribution is 7.92. The van der Waals surface area contributed by atoms with Crippen molar-refractivity contribution in [2.24, 2.45) is 13.0 Å². The van der Waals surface area contributed by atoms with Crippen LogP contribution in [-0.4, -0.2) is 72.9 Å². The summed E-state index contributed by atoms with van der Waals surface area (Å²) in [5, 5.41) is 3.98. The van der Waals surface area contributed by atoms with Gasteiger partial charge in [-0.1, -0.05) is 26.0 Å². The van der Waals surface area contributed by atoms with Gasteiger partial charge in [-0.2, -0.15) is 10.1 Å². The quantitative estimate of drug-likeness (QED) is 0.253. The van der Waals surface area contributed by atoms with E-state index in [1.54, 1.807) is 13.1 Å². The molecule has 1 aliphatic rings. The molecule has 0 unspecified atom stereocenters. The van der Waals surface area contributed by atoms with Crippen molar-refractivity contribution in [3.8, 4) is 28.6 Å². The highest BCUT2D eigenvalue weighted by Gasteiger charge is 2.21. The SMILES string of the molecule is Cc1c(OCCC(C)C)cccc1-c1cc(Oc2ccc(N3CCN(C)CC3)cc2)nc(NS(=O)(=O)c2cnn(C)c2)n1. The van der Waals surface area contributed by atoms with Crippen LogP contribution in [0.5, 0.6) is 17.4 Å². The van der Waals surface area contributed by atoms with E-state index in [2.05, 4.69) is 50.5 Å². The average Bonchev–Trinajstić information content (AvgIpc) is 3.42. The number of aryl methyl sites for hydroxylation is 1. The number of likely N-dealkylation sites (N-methyl/N-ethyl adjacent to an activating group) is 1. The van der Waals surface area contributed by atoms with E-state index in [1.165, 1.54) is 17.1 Å². The minimum Gasteiger partial charge on any atom is -0.493 e. The van der Waals surface area contributed by atoms with Gasteiger partial charge in [-0.3, -0.25) is 4.68 Å². The molecule has 0 aliphatic carbocycles. The van der Waals surface area contributed by atoms with Crippen LogP contribution < -0.4 is 19.1 Å². The zero-order chi connectivity index (χ0) is 30.6. The fourth-order valence-corrected chi connectivity index (χ4v) is 5.67. The lowest BCUT2D eigenvalue weighted by Gasteiger charge is -2.34. The Morgan fingerprint density at radius 2 is 1.74 bits per heavy atom. The summed E-state index contributed by atoms with van der Waals surface area (Å²) in [6.45, 7) is 10.8. The molecular formula is C31H39N7O4S. The number of nitrogens with zero attached hydrogens (tertiary/aromatic N) is 6.